The van der Waals surface area contributed by atoms with Crippen LogP contribution in [0.1, 0.15) is 71.9 Å². The van der Waals surface area contributed by atoms with Crippen molar-refractivity contribution in [3.8, 4) is 28.7 Å². The van der Waals surface area contributed by atoms with Gasteiger partial charge in [0.25, 0.3) is 11.8 Å². The number of carbonyl (C=O) groups is 5. The molecule has 0 aromatic heterocycles. The Labute approximate surface area is 402 Å². The lowest BCUT2D eigenvalue weighted by molar-refractivity contribution is -0.128. The molecule has 0 saturated carbocycles. The number of nitrogens with one attached hydrogen (secondary N) is 3. The van der Waals surface area contributed by atoms with E-state index in [9.17, 15) is 28.4 Å². The van der Waals surface area contributed by atoms with Gasteiger partial charge in [0.15, 0.2) is 34.6 Å². The molecule has 0 bridgehead atoms. The number of carbonyl (C=O) groups excluding carboxylic acids is 4. The molecule has 4 aliphatic heterocycles. The molecule has 4 aromatic carbocycles. The number of benzene rings is 4. The smallest absolute Gasteiger partial charge is 0.405 e. The maximum Gasteiger partial charge on any atom is 0.405 e. The summed E-state index contributed by atoms with van der Waals surface area (Å²) in [6.45, 7) is 5.35. The molecule has 70 heavy (non-hydrogen) atoms. The number of ether oxygens (including phenoxy) is 5. The van der Waals surface area contributed by atoms with E-state index in [2.05, 4.69) is 20.9 Å². The number of anilines is 1. The lowest BCUT2D eigenvalue weighted by atomic mass is 10.0. The number of hydrogen-bond donors (Lipinski definition) is 4. The monoisotopic (exact) mass is 957 g/mol. The Balaban J connectivity index is 0.856. The van der Waals surface area contributed by atoms with E-state index in [0.717, 1.165) is 16.7 Å². The molecule has 0 unspecified atom stereocenters. The lowest BCUT2D eigenvalue weighted by Crippen LogP contribution is -2.53. The second kappa shape index (κ2) is 20.6. The predicted molar refractivity (Wildman–Crippen MR) is 258 cm³/mol. The highest BCUT2D eigenvalue weighted by atomic mass is 19.1. The maximum absolute atomic E-state index is 14.5. The highest BCUT2D eigenvalue weighted by Gasteiger charge is 2.36. The Morgan fingerprint density at radius 2 is 1.20 bits per heavy atom. The fraction of sp³-hybridized carbons (Fsp3) is 0.314. The van der Waals surface area contributed by atoms with E-state index >= 15 is 0 Å². The van der Waals surface area contributed by atoms with E-state index < -0.39 is 35.8 Å². The highest BCUT2D eigenvalue weighted by Crippen LogP contribution is 2.42. The molecule has 4 aromatic rings. The number of carboxylic acid groups (broad SMARTS) is 1. The third-order valence-corrected chi connectivity index (χ3v) is 12.3. The summed E-state index contributed by atoms with van der Waals surface area (Å²) < 4.78 is 43.1. The minimum absolute atomic E-state index is 0.141. The second-order valence-corrected chi connectivity index (χ2v) is 17.2. The molecule has 18 nitrogen and oxygen atoms in total. The van der Waals surface area contributed by atoms with Crippen LogP contribution in [0.5, 0.6) is 28.7 Å². The number of aliphatic imine (C=N–C) groups is 2. The summed E-state index contributed by atoms with van der Waals surface area (Å²) in [6.07, 6.45) is 7.01. The van der Waals surface area contributed by atoms with Gasteiger partial charge >= 0.3 is 6.09 Å². The van der Waals surface area contributed by atoms with Crippen LogP contribution in [0, 0.1) is 11.7 Å². The first kappa shape index (κ1) is 48.2. The molecule has 4 heterocycles. The number of halogens is 1. The molecular weight excluding hydrogens is 906 g/mol. The van der Waals surface area contributed by atoms with Crippen molar-refractivity contribution in [2.75, 3.05) is 39.9 Å². The number of rotatable bonds is 17. The molecule has 0 spiro atoms. The van der Waals surface area contributed by atoms with Crippen molar-refractivity contribution in [3.63, 3.8) is 0 Å². The van der Waals surface area contributed by atoms with Gasteiger partial charge in [0, 0.05) is 61.9 Å². The summed E-state index contributed by atoms with van der Waals surface area (Å²) >= 11 is 0. The molecule has 0 saturated heterocycles. The highest BCUT2D eigenvalue weighted by molar-refractivity contribution is 6.07. The van der Waals surface area contributed by atoms with Crippen LogP contribution in [0.3, 0.4) is 0 Å². The second-order valence-electron chi connectivity index (χ2n) is 17.2. The van der Waals surface area contributed by atoms with Crippen LogP contribution >= 0.6 is 0 Å². The van der Waals surface area contributed by atoms with E-state index in [1.807, 2.05) is 12.1 Å². The molecule has 0 radical (unpaired) electrons. The summed E-state index contributed by atoms with van der Waals surface area (Å²) in [7, 11) is 4.38. The van der Waals surface area contributed by atoms with Crippen LogP contribution in [0.25, 0.3) is 11.1 Å². The zero-order valence-corrected chi connectivity index (χ0v) is 39.3. The standard InChI is InChI=1S/C51H52FN7O11/c1-27(2)46(57-51(64)65)48(61)55-28(3)47(60)56-33-11-8-29(9-12-33)31-16-34-23-53-39-21-44(42(67-5)19-36(39)49(62)58(34)25-31)69-14-7-15-70-45-22-40-37(20-43(45)68-6)50(63)59-26-32(17-35(59)24-54-40)30-10-13-41(66-4)38(52)18-30/h8-13,18-28,34-35,46,57H,7,14-17H2,1-6H3,(H,55,61)(H,56,60)(H,64,65)/t28-,34-,35-,46-/m0/s1. The van der Waals surface area contributed by atoms with Gasteiger partial charge in [0.05, 0.1) is 69.1 Å². The lowest BCUT2D eigenvalue weighted by Gasteiger charge is -2.22. The molecule has 4 aliphatic rings. The van der Waals surface area contributed by atoms with Gasteiger partial charge in [0.1, 0.15) is 12.1 Å². The van der Waals surface area contributed by atoms with Gasteiger partial charge in [-0.25, -0.2) is 9.18 Å². The van der Waals surface area contributed by atoms with Gasteiger partial charge in [-0.3, -0.25) is 29.2 Å². The Morgan fingerprint density at radius 3 is 1.69 bits per heavy atom. The molecule has 4 atom stereocenters. The molecule has 0 fully saturated rings. The third kappa shape index (κ3) is 10.1. The van der Waals surface area contributed by atoms with Gasteiger partial charge < -0.3 is 54.5 Å². The topological polar surface area (TPSA) is 219 Å². The summed E-state index contributed by atoms with van der Waals surface area (Å²) in [4.78, 5) is 77.1. The van der Waals surface area contributed by atoms with Crippen LogP contribution in [0.2, 0.25) is 0 Å². The van der Waals surface area contributed by atoms with Crippen LogP contribution in [0.15, 0.2) is 89.1 Å². The average molecular weight is 958 g/mol. The Bertz CT molecular complexity index is 2860. The average Bonchev–Trinajstić information content (AvgIpc) is 3.93. The third-order valence-electron chi connectivity index (χ3n) is 12.3. The summed E-state index contributed by atoms with van der Waals surface area (Å²) in [5.41, 5.74) is 5.17. The minimum atomic E-state index is -1.34. The largest absolute Gasteiger partial charge is 0.494 e. The molecular formula is C51H52FN7O11. The van der Waals surface area contributed by atoms with Crippen molar-refractivity contribution in [1.29, 1.82) is 0 Å². The first-order valence-corrected chi connectivity index (χ1v) is 22.6. The first-order chi connectivity index (χ1) is 33.6. The van der Waals surface area contributed by atoms with Gasteiger partial charge in [-0.05, 0) is 71.5 Å². The number of hydrogen-bond acceptors (Lipinski definition) is 12. The van der Waals surface area contributed by atoms with Crippen LogP contribution in [-0.2, 0) is 9.59 Å². The molecule has 4 N–H and O–H groups in total. The van der Waals surface area contributed by atoms with Crippen LogP contribution in [0.4, 0.5) is 26.2 Å². The van der Waals surface area contributed by atoms with E-state index in [0.29, 0.717) is 76.0 Å². The number of fused-ring (bicyclic) bond motifs is 4. The quantitative estimate of drug-likeness (QED) is 0.0766. The van der Waals surface area contributed by atoms with Crippen molar-refractivity contribution in [3.05, 3.63) is 107 Å². The zero-order chi connectivity index (χ0) is 49.8. The number of nitrogens with zero attached hydrogens (tertiary/aromatic N) is 4. The van der Waals surface area contributed by atoms with E-state index in [1.165, 1.54) is 34.3 Å². The summed E-state index contributed by atoms with van der Waals surface area (Å²) in [6, 6.07) is 15.7. The fourth-order valence-corrected chi connectivity index (χ4v) is 8.49. The Morgan fingerprint density at radius 1 is 0.686 bits per heavy atom. The van der Waals surface area contributed by atoms with Crippen molar-refractivity contribution in [2.24, 2.45) is 15.9 Å². The predicted octanol–water partition coefficient (Wildman–Crippen LogP) is 7.38. The van der Waals surface area contributed by atoms with Gasteiger partial charge in [-0.1, -0.05) is 32.0 Å². The van der Waals surface area contributed by atoms with Crippen molar-refractivity contribution in [1.82, 2.24) is 20.4 Å². The zero-order valence-electron chi connectivity index (χ0n) is 39.3. The van der Waals surface area contributed by atoms with Crippen molar-refractivity contribution in [2.45, 2.75) is 64.2 Å². The van der Waals surface area contributed by atoms with Gasteiger partial charge in [0.2, 0.25) is 11.8 Å². The maximum atomic E-state index is 14.5. The molecule has 19 heteroatoms. The van der Waals surface area contributed by atoms with Crippen LogP contribution in [-0.4, -0.2) is 116 Å². The molecule has 0 aliphatic carbocycles. The summed E-state index contributed by atoms with van der Waals surface area (Å²) in [5.74, 6) is -0.814. The molecule has 8 rings (SSSR count). The molecule has 364 valence electrons. The normalized spacial score (nSPS) is 17.4. The summed E-state index contributed by atoms with van der Waals surface area (Å²) in [5, 5.41) is 16.6. The SMILES string of the molecule is COc1ccc(C2=CN3C(=O)c4cc(OC)c(OCCCOc5cc6c(cc5OC)C(=O)N5C=C(c7ccc(NC(=O)[C@H](C)NC(=O)[C@@H](NC(=O)O)C(C)C)cc7)C[C@H]5C=N6)cc4N=C[C@@H]3C2)cc1F. The first-order valence-electron chi connectivity index (χ1n) is 22.6. The van der Waals surface area contributed by atoms with E-state index in [4.69, 9.17) is 33.8 Å². The minimum Gasteiger partial charge on any atom is -0.494 e. The van der Waals surface area contributed by atoms with E-state index in [-0.39, 0.29) is 48.8 Å². The Hall–Kier alpha value is -8.22. The van der Waals surface area contributed by atoms with Crippen molar-refractivity contribution < 1.29 is 57.2 Å². The van der Waals surface area contributed by atoms with Crippen molar-refractivity contribution >= 4 is 70.4 Å². The molecule has 5 amide bonds. The van der Waals surface area contributed by atoms with Gasteiger partial charge in [-0.15, -0.1) is 0 Å². The number of amides is 5. The fourth-order valence-electron chi connectivity index (χ4n) is 8.49. The van der Waals surface area contributed by atoms with E-state index in [1.54, 1.807) is 97.0 Å². The Kier molecular flexibility index (Phi) is 14.2. The van der Waals surface area contributed by atoms with Crippen LogP contribution < -0.4 is 39.6 Å². The number of methoxy groups -OCH3 is 3. The van der Waals surface area contributed by atoms with Gasteiger partial charge in [-0.2, -0.15) is 0 Å².